The van der Waals surface area contributed by atoms with Crippen molar-refractivity contribution in [2.24, 2.45) is 0 Å². The van der Waals surface area contributed by atoms with E-state index in [1.807, 2.05) is 66.7 Å². The largest absolute Gasteiger partial charge is 0.480 e. The second kappa shape index (κ2) is 10.9. The number of alkyl carbamates (subject to hydrolysis) is 1. The van der Waals surface area contributed by atoms with E-state index in [9.17, 15) is 19.5 Å². The van der Waals surface area contributed by atoms with Gasteiger partial charge in [-0.1, -0.05) is 85.8 Å². The summed E-state index contributed by atoms with van der Waals surface area (Å²) in [7, 11) is 0. The van der Waals surface area contributed by atoms with Crippen molar-refractivity contribution in [1.29, 1.82) is 0 Å². The summed E-state index contributed by atoms with van der Waals surface area (Å²) in [5, 5.41) is 14.5. The quantitative estimate of drug-likeness (QED) is 0.435. The lowest BCUT2D eigenvalue weighted by atomic mass is 9.98. The van der Waals surface area contributed by atoms with Crippen LogP contribution in [0.1, 0.15) is 36.0 Å². The lowest BCUT2D eigenvalue weighted by molar-refractivity contribution is -0.142. The van der Waals surface area contributed by atoms with Gasteiger partial charge in [-0.05, 0) is 34.2 Å². The molecule has 1 aliphatic carbocycles. The highest BCUT2D eigenvalue weighted by Crippen LogP contribution is 2.44. The molecule has 2 amide bonds. The minimum Gasteiger partial charge on any atom is -0.480 e. The first-order chi connectivity index (χ1) is 17.0. The maximum atomic E-state index is 12.9. The van der Waals surface area contributed by atoms with Gasteiger partial charge < -0.3 is 20.5 Å². The van der Waals surface area contributed by atoms with Crippen molar-refractivity contribution in [2.75, 3.05) is 6.61 Å². The highest BCUT2D eigenvalue weighted by molar-refractivity contribution is 5.89. The average molecular weight is 473 g/mol. The Balaban J connectivity index is 1.46. The molecule has 3 aromatic rings. The van der Waals surface area contributed by atoms with Crippen LogP contribution in [0.4, 0.5) is 4.79 Å². The van der Waals surface area contributed by atoms with Crippen molar-refractivity contribution in [1.82, 2.24) is 10.6 Å². The maximum Gasteiger partial charge on any atom is 0.407 e. The Bertz CT molecular complexity index is 1170. The Kier molecular flexibility index (Phi) is 7.45. The van der Waals surface area contributed by atoms with Gasteiger partial charge in [-0.15, -0.1) is 0 Å². The maximum absolute atomic E-state index is 12.9. The van der Waals surface area contributed by atoms with Crippen LogP contribution in [-0.2, 0) is 20.7 Å². The molecule has 0 aromatic heterocycles. The van der Waals surface area contributed by atoms with Crippen LogP contribution in [0.15, 0.2) is 78.9 Å². The zero-order chi connectivity index (χ0) is 24.8. The Hall–Kier alpha value is -4.13. The van der Waals surface area contributed by atoms with Gasteiger partial charge in [0, 0.05) is 12.3 Å². The molecule has 4 rings (SSSR count). The van der Waals surface area contributed by atoms with E-state index >= 15 is 0 Å². The van der Waals surface area contributed by atoms with Gasteiger partial charge in [0.25, 0.3) is 0 Å². The van der Waals surface area contributed by atoms with Crippen molar-refractivity contribution in [3.8, 4) is 11.1 Å². The number of carboxylic acid groups (broad SMARTS) is 1. The van der Waals surface area contributed by atoms with Crippen LogP contribution in [-0.4, -0.2) is 41.8 Å². The van der Waals surface area contributed by atoms with Gasteiger partial charge >= 0.3 is 12.1 Å². The van der Waals surface area contributed by atoms with E-state index in [-0.39, 0.29) is 25.4 Å². The van der Waals surface area contributed by atoms with Crippen LogP contribution in [0.25, 0.3) is 11.1 Å². The third kappa shape index (κ3) is 5.51. The highest BCUT2D eigenvalue weighted by atomic mass is 16.5. The third-order valence-corrected chi connectivity index (χ3v) is 6.26. The number of hydrogen-bond donors (Lipinski definition) is 3. The van der Waals surface area contributed by atoms with Crippen molar-refractivity contribution in [2.45, 2.75) is 37.8 Å². The molecular formula is C28H28N2O5. The molecule has 1 unspecified atom stereocenters. The predicted octanol–water partition coefficient (Wildman–Crippen LogP) is 4.12. The Morgan fingerprint density at radius 3 is 1.97 bits per heavy atom. The van der Waals surface area contributed by atoms with Gasteiger partial charge in [-0.2, -0.15) is 0 Å². The zero-order valence-electron chi connectivity index (χ0n) is 19.4. The summed E-state index contributed by atoms with van der Waals surface area (Å²) in [6.07, 6.45) is -0.303. The molecule has 0 aliphatic heterocycles. The minimum absolute atomic E-state index is 0.106. The van der Waals surface area contributed by atoms with E-state index in [2.05, 4.69) is 22.8 Å². The second-order valence-electron chi connectivity index (χ2n) is 8.52. The number of nitrogens with one attached hydrogen (secondary N) is 2. The van der Waals surface area contributed by atoms with Crippen LogP contribution in [0.2, 0.25) is 0 Å². The molecule has 180 valence electrons. The van der Waals surface area contributed by atoms with Crippen LogP contribution in [0.3, 0.4) is 0 Å². The van der Waals surface area contributed by atoms with E-state index in [4.69, 9.17) is 4.74 Å². The fraction of sp³-hybridized carbons (Fsp3) is 0.250. The van der Waals surface area contributed by atoms with Crippen molar-refractivity contribution in [3.05, 3.63) is 95.6 Å². The topological polar surface area (TPSA) is 105 Å². The number of amides is 2. The number of hydrogen-bond acceptors (Lipinski definition) is 4. The predicted molar refractivity (Wildman–Crippen MR) is 132 cm³/mol. The molecule has 0 heterocycles. The summed E-state index contributed by atoms with van der Waals surface area (Å²) in [4.78, 5) is 37.1. The number of fused-ring (bicyclic) bond motifs is 3. The Morgan fingerprint density at radius 2 is 1.40 bits per heavy atom. The molecule has 0 spiro atoms. The summed E-state index contributed by atoms with van der Waals surface area (Å²) < 4.78 is 5.59. The molecule has 0 radical (unpaired) electrons. The van der Waals surface area contributed by atoms with E-state index in [0.717, 1.165) is 27.8 Å². The lowest BCUT2D eigenvalue weighted by Crippen LogP contribution is -2.52. The monoisotopic (exact) mass is 472 g/mol. The number of benzene rings is 3. The SMILES string of the molecule is CCC(NC(=O)[C@H](Cc1ccccc1)NC(=O)OCC1c2ccccc2-c2ccccc21)C(=O)O. The van der Waals surface area contributed by atoms with Gasteiger partial charge in [0.15, 0.2) is 0 Å². The van der Waals surface area contributed by atoms with Crippen LogP contribution >= 0.6 is 0 Å². The van der Waals surface area contributed by atoms with Gasteiger partial charge in [0.05, 0.1) is 0 Å². The lowest BCUT2D eigenvalue weighted by Gasteiger charge is -2.21. The molecule has 0 saturated carbocycles. The van der Waals surface area contributed by atoms with Gasteiger partial charge in [-0.25, -0.2) is 9.59 Å². The first-order valence-electron chi connectivity index (χ1n) is 11.7. The summed E-state index contributed by atoms with van der Waals surface area (Å²) in [5.74, 6) is -1.80. The van der Waals surface area contributed by atoms with Crippen molar-refractivity contribution in [3.63, 3.8) is 0 Å². The normalized spacial score (nSPS) is 13.7. The molecule has 0 bridgehead atoms. The van der Waals surface area contributed by atoms with E-state index in [1.54, 1.807) is 6.92 Å². The molecule has 0 saturated heterocycles. The first kappa shape index (κ1) is 24.0. The molecule has 2 atom stereocenters. The summed E-state index contributed by atoms with van der Waals surface area (Å²) in [6.45, 7) is 1.79. The van der Waals surface area contributed by atoms with Gasteiger partial charge in [0.1, 0.15) is 18.7 Å². The fourth-order valence-corrected chi connectivity index (χ4v) is 4.45. The summed E-state index contributed by atoms with van der Waals surface area (Å²) >= 11 is 0. The summed E-state index contributed by atoms with van der Waals surface area (Å²) in [6, 6.07) is 23.3. The Labute approximate surface area is 204 Å². The van der Waals surface area contributed by atoms with E-state index < -0.39 is 30.1 Å². The number of rotatable bonds is 9. The number of ether oxygens (including phenoxy) is 1. The highest BCUT2D eigenvalue weighted by Gasteiger charge is 2.30. The molecular weight excluding hydrogens is 444 g/mol. The number of carbonyl (C=O) groups excluding carboxylic acids is 2. The number of aliphatic carboxylic acids is 1. The summed E-state index contributed by atoms with van der Waals surface area (Å²) in [5.41, 5.74) is 5.25. The molecule has 35 heavy (non-hydrogen) atoms. The average Bonchev–Trinajstić information content (AvgIpc) is 3.19. The van der Waals surface area contributed by atoms with Crippen molar-refractivity contribution >= 4 is 18.0 Å². The van der Waals surface area contributed by atoms with Crippen LogP contribution in [0.5, 0.6) is 0 Å². The Morgan fingerprint density at radius 1 is 0.829 bits per heavy atom. The van der Waals surface area contributed by atoms with Crippen LogP contribution in [0, 0.1) is 0 Å². The zero-order valence-corrected chi connectivity index (χ0v) is 19.4. The smallest absolute Gasteiger partial charge is 0.407 e. The first-order valence-corrected chi connectivity index (χ1v) is 11.7. The van der Waals surface area contributed by atoms with Gasteiger partial charge in [0.2, 0.25) is 5.91 Å². The molecule has 3 N–H and O–H groups in total. The minimum atomic E-state index is -1.12. The number of carboxylic acids is 1. The molecule has 7 nitrogen and oxygen atoms in total. The van der Waals surface area contributed by atoms with E-state index in [1.165, 1.54) is 0 Å². The fourth-order valence-electron chi connectivity index (χ4n) is 4.45. The molecule has 3 aromatic carbocycles. The van der Waals surface area contributed by atoms with Crippen molar-refractivity contribution < 1.29 is 24.2 Å². The molecule has 0 fully saturated rings. The molecule has 1 aliphatic rings. The third-order valence-electron chi connectivity index (χ3n) is 6.26. The second-order valence-corrected chi connectivity index (χ2v) is 8.52. The van der Waals surface area contributed by atoms with E-state index in [0.29, 0.717) is 0 Å². The molecule has 7 heteroatoms. The number of carbonyl (C=O) groups is 3. The standard InChI is InChI=1S/C28H28N2O5/c1-2-24(27(32)33)29-26(31)25(16-18-10-4-3-5-11-18)30-28(34)35-17-23-21-14-8-6-12-19(21)20-13-7-9-15-22(20)23/h3-15,23-25H,2,16-17H2,1H3,(H,29,31)(H,30,34)(H,32,33)/t24?,25-/m0/s1. The van der Waals surface area contributed by atoms with Gasteiger partial charge in [-0.3, -0.25) is 4.79 Å². The van der Waals surface area contributed by atoms with Crippen LogP contribution < -0.4 is 10.6 Å².